The van der Waals surface area contributed by atoms with Crippen molar-refractivity contribution in [2.45, 2.75) is 49.8 Å². The van der Waals surface area contributed by atoms with E-state index in [0.717, 1.165) is 0 Å². The molecule has 2 unspecified atom stereocenters. The lowest BCUT2D eigenvalue weighted by Gasteiger charge is -2.27. The molecular weight excluding hydrogens is 282 g/mol. The highest BCUT2D eigenvalue weighted by atomic mass is 32.2. The summed E-state index contributed by atoms with van der Waals surface area (Å²) in [5.41, 5.74) is 0. The third-order valence-electron chi connectivity index (χ3n) is 3.27. The molecule has 2 N–H and O–H groups in total. The van der Waals surface area contributed by atoms with Gasteiger partial charge in [-0.2, -0.15) is 5.10 Å². The summed E-state index contributed by atoms with van der Waals surface area (Å²) in [6.07, 6.45) is 4.80. The highest BCUT2D eigenvalue weighted by Gasteiger charge is 2.25. The maximum absolute atomic E-state index is 12.2. The second-order valence-electron chi connectivity index (χ2n) is 5.04. The molecule has 0 bridgehead atoms. The van der Waals surface area contributed by atoms with Crippen molar-refractivity contribution in [3.05, 3.63) is 12.4 Å². The molecule has 1 saturated heterocycles. The molecule has 7 nitrogen and oxygen atoms in total. The molecule has 1 aliphatic heterocycles. The molecule has 2 heterocycles. The SMILES string of the molecule is CC1CC(NS(=O)(=O)c2cnn(CCCO)c2)CCO1. The second kappa shape index (κ2) is 6.66. The van der Waals surface area contributed by atoms with Crippen molar-refractivity contribution in [1.82, 2.24) is 14.5 Å². The van der Waals surface area contributed by atoms with Gasteiger partial charge in [0.2, 0.25) is 10.0 Å². The Bertz CT molecular complexity index is 529. The molecule has 20 heavy (non-hydrogen) atoms. The van der Waals surface area contributed by atoms with E-state index in [1.54, 1.807) is 0 Å². The number of aliphatic hydroxyl groups excluding tert-OH is 1. The van der Waals surface area contributed by atoms with Crippen LogP contribution < -0.4 is 4.72 Å². The maximum Gasteiger partial charge on any atom is 0.243 e. The number of ether oxygens (including phenoxy) is 1. The van der Waals surface area contributed by atoms with Crippen molar-refractivity contribution < 1.29 is 18.3 Å². The number of hydrogen-bond donors (Lipinski definition) is 2. The number of nitrogens with one attached hydrogen (secondary N) is 1. The predicted molar refractivity (Wildman–Crippen MR) is 72.7 cm³/mol. The van der Waals surface area contributed by atoms with E-state index < -0.39 is 10.0 Å². The maximum atomic E-state index is 12.2. The Morgan fingerprint density at radius 1 is 1.60 bits per heavy atom. The van der Waals surface area contributed by atoms with Crippen molar-refractivity contribution in [3.8, 4) is 0 Å². The Balaban J connectivity index is 2.00. The lowest BCUT2D eigenvalue weighted by molar-refractivity contribution is 0.0173. The molecule has 8 heteroatoms. The monoisotopic (exact) mass is 303 g/mol. The van der Waals surface area contributed by atoms with Crippen LogP contribution in [0.3, 0.4) is 0 Å². The summed E-state index contributed by atoms with van der Waals surface area (Å²) in [4.78, 5) is 0.162. The first-order chi connectivity index (χ1) is 9.51. The number of hydrogen-bond acceptors (Lipinski definition) is 5. The average molecular weight is 303 g/mol. The highest BCUT2D eigenvalue weighted by molar-refractivity contribution is 7.89. The number of rotatable bonds is 6. The number of aliphatic hydroxyl groups is 1. The van der Waals surface area contributed by atoms with Gasteiger partial charge in [-0.1, -0.05) is 0 Å². The van der Waals surface area contributed by atoms with Crippen LogP contribution >= 0.6 is 0 Å². The molecule has 1 aliphatic rings. The standard InChI is InChI=1S/C12H21N3O4S/c1-10-7-11(3-6-19-10)14-20(17,18)12-8-13-15(9-12)4-2-5-16/h8-11,14,16H,2-7H2,1H3. The van der Waals surface area contributed by atoms with Crippen LogP contribution in [0.5, 0.6) is 0 Å². The van der Waals surface area contributed by atoms with Crippen LogP contribution in [-0.4, -0.2) is 48.7 Å². The first-order valence-corrected chi connectivity index (χ1v) is 8.27. The molecule has 1 aromatic rings. The van der Waals surface area contributed by atoms with Gasteiger partial charge in [-0.05, 0) is 26.2 Å². The minimum Gasteiger partial charge on any atom is -0.396 e. The molecule has 0 saturated carbocycles. The summed E-state index contributed by atoms with van der Waals surface area (Å²) in [7, 11) is -3.54. The molecule has 1 fully saturated rings. The number of nitrogens with zero attached hydrogens (tertiary/aromatic N) is 2. The van der Waals surface area contributed by atoms with Gasteiger partial charge >= 0.3 is 0 Å². The second-order valence-corrected chi connectivity index (χ2v) is 6.75. The first-order valence-electron chi connectivity index (χ1n) is 6.78. The van der Waals surface area contributed by atoms with Crippen molar-refractivity contribution in [2.24, 2.45) is 0 Å². The average Bonchev–Trinajstić information content (AvgIpc) is 2.85. The summed E-state index contributed by atoms with van der Waals surface area (Å²) in [5, 5.41) is 12.7. The zero-order valence-electron chi connectivity index (χ0n) is 11.5. The normalized spacial score (nSPS) is 23.9. The lowest BCUT2D eigenvalue weighted by atomic mass is 10.1. The number of aromatic nitrogens is 2. The van der Waals surface area contributed by atoms with Gasteiger partial charge in [0.1, 0.15) is 4.90 Å². The summed E-state index contributed by atoms with van der Waals surface area (Å²) < 4.78 is 34.1. The highest BCUT2D eigenvalue weighted by Crippen LogP contribution is 2.16. The van der Waals surface area contributed by atoms with Gasteiger partial charge < -0.3 is 9.84 Å². The Labute approximate surface area is 119 Å². The van der Waals surface area contributed by atoms with Crippen molar-refractivity contribution in [2.75, 3.05) is 13.2 Å². The Kier molecular flexibility index (Phi) is 5.14. The first kappa shape index (κ1) is 15.4. The minimum absolute atomic E-state index is 0.0557. The molecule has 0 radical (unpaired) electrons. The predicted octanol–water partition coefficient (Wildman–Crippen LogP) is 0.111. The fourth-order valence-corrected chi connectivity index (χ4v) is 3.47. The molecule has 0 amide bonds. The fraction of sp³-hybridized carbons (Fsp3) is 0.750. The van der Waals surface area contributed by atoms with E-state index in [1.807, 2.05) is 6.92 Å². The summed E-state index contributed by atoms with van der Waals surface area (Å²) >= 11 is 0. The summed E-state index contributed by atoms with van der Waals surface area (Å²) in [6, 6.07) is -0.0930. The van der Waals surface area contributed by atoms with Crippen LogP contribution in [0.1, 0.15) is 26.2 Å². The van der Waals surface area contributed by atoms with E-state index in [-0.39, 0.29) is 23.6 Å². The topological polar surface area (TPSA) is 93.5 Å². The van der Waals surface area contributed by atoms with E-state index in [2.05, 4.69) is 9.82 Å². The number of aryl methyl sites for hydroxylation is 1. The molecule has 0 aromatic carbocycles. The molecular formula is C12H21N3O4S. The van der Waals surface area contributed by atoms with Gasteiger partial charge in [-0.25, -0.2) is 13.1 Å². The van der Waals surface area contributed by atoms with E-state index in [9.17, 15) is 8.42 Å². The lowest BCUT2D eigenvalue weighted by Crippen LogP contribution is -2.41. The fourth-order valence-electron chi connectivity index (χ4n) is 2.23. The van der Waals surface area contributed by atoms with Crippen LogP contribution in [0.2, 0.25) is 0 Å². The van der Waals surface area contributed by atoms with Crippen LogP contribution in [0.15, 0.2) is 17.3 Å². The minimum atomic E-state index is -3.54. The third-order valence-corrected chi connectivity index (χ3v) is 4.75. The quantitative estimate of drug-likeness (QED) is 0.778. The van der Waals surface area contributed by atoms with E-state index in [1.165, 1.54) is 17.1 Å². The Morgan fingerprint density at radius 3 is 3.10 bits per heavy atom. The molecule has 0 aliphatic carbocycles. The Morgan fingerprint density at radius 2 is 2.40 bits per heavy atom. The Hall–Kier alpha value is -0.960. The van der Waals surface area contributed by atoms with E-state index >= 15 is 0 Å². The van der Waals surface area contributed by atoms with Gasteiger partial charge in [0.05, 0.1) is 12.3 Å². The van der Waals surface area contributed by atoms with Crippen molar-refractivity contribution in [1.29, 1.82) is 0 Å². The van der Waals surface area contributed by atoms with Gasteiger partial charge in [-0.3, -0.25) is 4.68 Å². The summed E-state index contributed by atoms with van der Waals surface area (Å²) in [6.45, 7) is 3.07. The molecule has 114 valence electrons. The zero-order chi connectivity index (χ0) is 14.6. The zero-order valence-corrected chi connectivity index (χ0v) is 12.3. The third kappa shape index (κ3) is 4.02. The largest absolute Gasteiger partial charge is 0.396 e. The van der Waals surface area contributed by atoms with Gasteiger partial charge in [0.15, 0.2) is 0 Å². The smallest absolute Gasteiger partial charge is 0.243 e. The van der Waals surface area contributed by atoms with Crippen LogP contribution in [0, 0.1) is 0 Å². The summed E-state index contributed by atoms with van der Waals surface area (Å²) in [5.74, 6) is 0. The molecule has 2 atom stereocenters. The van der Waals surface area contributed by atoms with Gasteiger partial charge in [-0.15, -0.1) is 0 Å². The van der Waals surface area contributed by atoms with Crippen molar-refractivity contribution in [3.63, 3.8) is 0 Å². The molecule has 0 spiro atoms. The molecule has 2 rings (SSSR count). The van der Waals surface area contributed by atoms with Gasteiger partial charge in [0, 0.05) is 32.0 Å². The van der Waals surface area contributed by atoms with E-state index in [0.29, 0.717) is 32.4 Å². The van der Waals surface area contributed by atoms with Crippen LogP contribution in [-0.2, 0) is 21.3 Å². The van der Waals surface area contributed by atoms with Crippen molar-refractivity contribution >= 4 is 10.0 Å². The number of sulfonamides is 1. The molecule has 1 aromatic heterocycles. The van der Waals surface area contributed by atoms with Crippen LogP contribution in [0.25, 0.3) is 0 Å². The van der Waals surface area contributed by atoms with Gasteiger partial charge in [0.25, 0.3) is 0 Å². The van der Waals surface area contributed by atoms with E-state index in [4.69, 9.17) is 9.84 Å². The van der Waals surface area contributed by atoms with Crippen LogP contribution in [0.4, 0.5) is 0 Å².